The van der Waals surface area contributed by atoms with E-state index in [1.807, 2.05) is 0 Å². The first-order valence-electron chi connectivity index (χ1n) is 6.39. The molecule has 0 bridgehead atoms. The van der Waals surface area contributed by atoms with Gasteiger partial charge >= 0.3 is 0 Å². The van der Waals surface area contributed by atoms with Gasteiger partial charge in [0, 0.05) is 0 Å². The number of aryl methyl sites for hydroxylation is 4. The average Bonchev–Trinajstić information content (AvgIpc) is 2.35. The Morgan fingerprint density at radius 2 is 0.944 bits per heavy atom. The van der Waals surface area contributed by atoms with Crippen LogP contribution in [0.4, 0.5) is 0 Å². The molecule has 0 N–H and O–H groups in total. The summed E-state index contributed by atoms with van der Waals surface area (Å²) < 4.78 is 0. The Kier molecular flexibility index (Phi) is 3.66. The molecule has 0 aliphatic carbocycles. The monoisotopic (exact) mass is 236 g/mol. The predicted molar refractivity (Wildman–Crippen MR) is 80.8 cm³/mol. The lowest BCUT2D eigenvalue weighted by Crippen LogP contribution is -1.83. The quantitative estimate of drug-likeness (QED) is 0.637. The zero-order valence-corrected chi connectivity index (χ0v) is 11.6. The SMILES string of the molecule is Cc1ccc(/C=C\c2ccc(C)c(C)c2)cc1C. The van der Waals surface area contributed by atoms with Crippen molar-refractivity contribution in [1.29, 1.82) is 0 Å². The fourth-order valence-electron chi connectivity index (χ4n) is 1.93. The Labute approximate surface area is 110 Å². The van der Waals surface area contributed by atoms with Crippen LogP contribution in [0.3, 0.4) is 0 Å². The number of hydrogen-bond acceptors (Lipinski definition) is 0. The van der Waals surface area contributed by atoms with E-state index in [1.54, 1.807) is 0 Å². The van der Waals surface area contributed by atoms with Crippen LogP contribution in [0.15, 0.2) is 36.4 Å². The minimum atomic E-state index is 1.26. The summed E-state index contributed by atoms with van der Waals surface area (Å²) in [6.45, 7) is 8.60. The van der Waals surface area contributed by atoms with E-state index in [0.29, 0.717) is 0 Å². The van der Waals surface area contributed by atoms with Gasteiger partial charge in [0.2, 0.25) is 0 Å². The van der Waals surface area contributed by atoms with E-state index in [2.05, 4.69) is 76.2 Å². The Morgan fingerprint density at radius 1 is 0.556 bits per heavy atom. The molecule has 0 unspecified atom stereocenters. The lowest BCUT2D eigenvalue weighted by Gasteiger charge is -2.02. The topological polar surface area (TPSA) is 0 Å². The summed E-state index contributed by atoms with van der Waals surface area (Å²) in [6.07, 6.45) is 4.35. The van der Waals surface area contributed by atoms with Gasteiger partial charge < -0.3 is 0 Å². The minimum absolute atomic E-state index is 1.26. The summed E-state index contributed by atoms with van der Waals surface area (Å²) in [5, 5.41) is 0. The van der Waals surface area contributed by atoms with Gasteiger partial charge in [-0.15, -0.1) is 0 Å². The van der Waals surface area contributed by atoms with Crippen LogP contribution in [0.5, 0.6) is 0 Å². The van der Waals surface area contributed by atoms with Crippen LogP contribution in [-0.4, -0.2) is 0 Å². The molecule has 0 amide bonds. The van der Waals surface area contributed by atoms with Crippen LogP contribution in [-0.2, 0) is 0 Å². The molecule has 0 heteroatoms. The van der Waals surface area contributed by atoms with Crippen molar-refractivity contribution in [2.45, 2.75) is 27.7 Å². The Hall–Kier alpha value is -1.82. The van der Waals surface area contributed by atoms with E-state index >= 15 is 0 Å². The van der Waals surface area contributed by atoms with Gasteiger partial charge in [-0.05, 0) is 61.1 Å². The van der Waals surface area contributed by atoms with E-state index in [4.69, 9.17) is 0 Å². The molecule has 18 heavy (non-hydrogen) atoms. The maximum Gasteiger partial charge on any atom is -0.0254 e. The molecule has 2 aromatic rings. The fourth-order valence-corrected chi connectivity index (χ4v) is 1.93. The van der Waals surface area contributed by atoms with Crippen LogP contribution in [0, 0.1) is 27.7 Å². The Morgan fingerprint density at radius 3 is 1.28 bits per heavy atom. The Bertz CT molecular complexity index is 535. The van der Waals surface area contributed by atoms with Gasteiger partial charge in [0.1, 0.15) is 0 Å². The largest absolute Gasteiger partial charge is 0.0585 e. The first kappa shape index (κ1) is 12.6. The van der Waals surface area contributed by atoms with Crippen molar-refractivity contribution in [2.75, 3.05) is 0 Å². The molecular formula is C18H20. The van der Waals surface area contributed by atoms with Crippen LogP contribution in [0.2, 0.25) is 0 Å². The van der Waals surface area contributed by atoms with Gasteiger partial charge in [-0.2, -0.15) is 0 Å². The van der Waals surface area contributed by atoms with E-state index in [9.17, 15) is 0 Å². The molecule has 0 nitrogen and oxygen atoms in total. The maximum atomic E-state index is 2.23. The highest BCUT2D eigenvalue weighted by atomic mass is 14.0. The number of hydrogen-bond donors (Lipinski definition) is 0. The standard InChI is InChI=1S/C18H20/c1-13-5-7-17(11-15(13)3)9-10-18-8-6-14(2)16(4)12-18/h5-12H,1-4H3/b10-9-. The van der Waals surface area contributed by atoms with Gasteiger partial charge in [-0.25, -0.2) is 0 Å². The van der Waals surface area contributed by atoms with Crippen LogP contribution in [0.1, 0.15) is 33.4 Å². The molecule has 0 fully saturated rings. The molecule has 92 valence electrons. The molecule has 2 aromatic carbocycles. The predicted octanol–water partition coefficient (Wildman–Crippen LogP) is 5.09. The lowest BCUT2D eigenvalue weighted by molar-refractivity contribution is 1.33. The van der Waals surface area contributed by atoms with E-state index < -0.39 is 0 Å². The summed E-state index contributed by atoms with van der Waals surface area (Å²) in [5.74, 6) is 0. The lowest BCUT2D eigenvalue weighted by atomic mass is 10.0. The van der Waals surface area contributed by atoms with E-state index in [1.165, 1.54) is 33.4 Å². The maximum absolute atomic E-state index is 2.23. The van der Waals surface area contributed by atoms with E-state index in [-0.39, 0.29) is 0 Å². The molecule has 0 aliphatic rings. The number of rotatable bonds is 2. The summed E-state index contributed by atoms with van der Waals surface area (Å²) in [5.41, 5.74) is 7.90. The third-order valence-electron chi connectivity index (χ3n) is 3.53. The zero-order chi connectivity index (χ0) is 13.1. The molecule has 0 aromatic heterocycles. The molecule has 0 spiro atoms. The smallest absolute Gasteiger partial charge is 0.0254 e. The molecule has 0 radical (unpaired) electrons. The van der Waals surface area contributed by atoms with Gasteiger partial charge in [0.15, 0.2) is 0 Å². The molecular weight excluding hydrogens is 216 g/mol. The highest BCUT2D eigenvalue weighted by Crippen LogP contribution is 2.15. The zero-order valence-electron chi connectivity index (χ0n) is 11.6. The first-order chi connectivity index (χ1) is 8.56. The third-order valence-corrected chi connectivity index (χ3v) is 3.53. The highest BCUT2D eigenvalue weighted by Gasteiger charge is 1.95. The fraction of sp³-hybridized carbons (Fsp3) is 0.222. The van der Waals surface area contributed by atoms with E-state index in [0.717, 1.165) is 0 Å². The molecule has 0 aliphatic heterocycles. The Balaban J connectivity index is 2.24. The molecule has 0 saturated heterocycles. The molecule has 2 rings (SSSR count). The van der Waals surface area contributed by atoms with Gasteiger partial charge in [-0.1, -0.05) is 48.6 Å². The van der Waals surface area contributed by atoms with Crippen LogP contribution >= 0.6 is 0 Å². The van der Waals surface area contributed by atoms with Crippen molar-refractivity contribution in [3.63, 3.8) is 0 Å². The number of benzene rings is 2. The van der Waals surface area contributed by atoms with Crippen molar-refractivity contribution >= 4 is 12.2 Å². The van der Waals surface area contributed by atoms with Crippen LogP contribution in [0.25, 0.3) is 12.2 Å². The van der Waals surface area contributed by atoms with Crippen LogP contribution < -0.4 is 0 Å². The minimum Gasteiger partial charge on any atom is -0.0585 e. The second-order valence-corrected chi connectivity index (χ2v) is 5.02. The van der Waals surface area contributed by atoms with Gasteiger partial charge in [0.25, 0.3) is 0 Å². The van der Waals surface area contributed by atoms with Crippen molar-refractivity contribution in [1.82, 2.24) is 0 Å². The first-order valence-corrected chi connectivity index (χ1v) is 6.39. The van der Waals surface area contributed by atoms with Crippen molar-refractivity contribution in [3.05, 3.63) is 69.8 Å². The summed E-state index contributed by atoms with van der Waals surface area (Å²) in [7, 11) is 0. The summed E-state index contributed by atoms with van der Waals surface area (Å²) in [6, 6.07) is 13.1. The van der Waals surface area contributed by atoms with Crippen molar-refractivity contribution in [2.24, 2.45) is 0 Å². The summed E-state index contributed by atoms with van der Waals surface area (Å²) >= 11 is 0. The molecule has 0 heterocycles. The van der Waals surface area contributed by atoms with Gasteiger partial charge in [-0.3, -0.25) is 0 Å². The molecule has 0 atom stereocenters. The molecule has 0 saturated carbocycles. The second-order valence-electron chi connectivity index (χ2n) is 5.02. The van der Waals surface area contributed by atoms with Gasteiger partial charge in [0.05, 0.1) is 0 Å². The second kappa shape index (κ2) is 5.22. The third kappa shape index (κ3) is 2.89. The average molecular weight is 236 g/mol. The van der Waals surface area contributed by atoms with Crippen molar-refractivity contribution < 1.29 is 0 Å². The summed E-state index contributed by atoms with van der Waals surface area (Å²) in [4.78, 5) is 0. The highest BCUT2D eigenvalue weighted by molar-refractivity contribution is 5.70. The normalized spacial score (nSPS) is 11.1. The van der Waals surface area contributed by atoms with Crippen molar-refractivity contribution in [3.8, 4) is 0 Å².